The molecule has 88 valence electrons. The number of carbonyl (C=O) groups excluding carboxylic acids is 1. The number of carbonyl (C=O) groups is 1. The van der Waals surface area contributed by atoms with Crippen LogP contribution in [-0.4, -0.2) is 36.5 Å². The average Bonchev–Trinajstić information content (AvgIpc) is 2.29. The molecule has 0 spiro atoms. The van der Waals surface area contributed by atoms with Gasteiger partial charge in [0.15, 0.2) is 0 Å². The second kappa shape index (κ2) is 6.83. The number of nitrogens with one attached hydrogen (secondary N) is 1. The van der Waals surface area contributed by atoms with E-state index in [1.807, 2.05) is 11.8 Å². The number of unbranched alkanes of at least 4 members (excludes halogenated alkanes) is 1. The van der Waals surface area contributed by atoms with Gasteiger partial charge in [0.1, 0.15) is 0 Å². The minimum Gasteiger partial charge on any atom is -0.343 e. The molecular formula is C12H24N2O. The molecule has 1 amide bonds. The summed E-state index contributed by atoms with van der Waals surface area (Å²) in [6.07, 6.45) is 5.40. The Morgan fingerprint density at radius 1 is 1.33 bits per heavy atom. The van der Waals surface area contributed by atoms with E-state index in [4.69, 9.17) is 0 Å². The van der Waals surface area contributed by atoms with Crippen molar-refractivity contribution in [3.8, 4) is 0 Å². The lowest BCUT2D eigenvalue weighted by atomic mass is 10.0. The summed E-state index contributed by atoms with van der Waals surface area (Å²) in [5, 5.41) is 3.56. The van der Waals surface area contributed by atoms with Gasteiger partial charge in [0.25, 0.3) is 0 Å². The van der Waals surface area contributed by atoms with Gasteiger partial charge in [-0.2, -0.15) is 0 Å². The molecular weight excluding hydrogens is 188 g/mol. The molecule has 0 aromatic heterocycles. The number of rotatable bonds is 5. The van der Waals surface area contributed by atoms with Gasteiger partial charge in [0, 0.05) is 25.6 Å². The smallest absolute Gasteiger partial charge is 0.222 e. The molecule has 1 aliphatic heterocycles. The first-order chi connectivity index (χ1) is 7.27. The summed E-state index contributed by atoms with van der Waals surface area (Å²) >= 11 is 0. The SMILES string of the molecule is CCCCNC1CCN(C(=O)CC)CC1. The van der Waals surface area contributed by atoms with Crippen LogP contribution in [0.15, 0.2) is 0 Å². The quantitative estimate of drug-likeness (QED) is 0.705. The summed E-state index contributed by atoms with van der Waals surface area (Å²) in [5.74, 6) is 0.307. The molecule has 1 saturated heterocycles. The van der Waals surface area contributed by atoms with Gasteiger partial charge >= 0.3 is 0 Å². The van der Waals surface area contributed by atoms with Crippen LogP contribution in [-0.2, 0) is 4.79 Å². The first kappa shape index (κ1) is 12.5. The summed E-state index contributed by atoms with van der Waals surface area (Å²) in [7, 11) is 0. The number of hydrogen-bond donors (Lipinski definition) is 1. The van der Waals surface area contributed by atoms with E-state index in [2.05, 4.69) is 12.2 Å². The zero-order valence-electron chi connectivity index (χ0n) is 10.1. The van der Waals surface area contributed by atoms with E-state index < -0.39 is 0 Å². The van der Waals surface area contributed by atoms with Crippen molar-refractivity contribution in [3.05, 3.63) is 0 Å². The molecule has 1 heterocycles. The number of amides is 1. The lowest BCUT2D eigenvalue weighted by Crippen LogP contribution is -2.44. The zero-order valence-corrected chi connectivity index (χ0v) is 10.1. The first-order valence-electron chi connectivity index (χ1n) is 6.29. The normalized spacial score (nSPS) is 18.1. The highest BCUT2D eigenvalue weighted by Gasteiger charge is 2.20. The molecule has 1 rings (SSSR count). The third kappa shape index (κ3) is 4.20. The summed E-state index contributed by atoms with van der Waals surface area (Å²) in [4.78, 5) is 13.4. The van der Waals surface area contributed by atoms with Gasteiger partial charge in [-0.05, 0) is 25.8 Å². The van der Waals surface area contributed by atoms with E-state index in [1.54, 1.807) is 0 Å². The number of likely N-dealkylation sites (tertiary alicyclic amines) is 1. The molecule has 3 nitrogen and oxygen atoms in total. The van der Waals surface area contributed by atoms with Crippen LogP contribution in [0.5, 0.6) is 0 Å². The summed E-state index contributed by atoms with van der Waals surface area (Å²) in [6.45, 7) is 7.16. The predicted molar refractivity (Wildman–Crippen MR) is 62.8 cm³/mol. The van der Waals surface area contributed by atoms with Crippen molar-refractivity contribution in [1.82, 2.24) is 10.2 Å². The minimum atomic E-state index is 0.307. The van der Waals surface area contributed by atoms with Crippen molar-refractivity contribution in [3.63, 3.8) is 0 Å². The number of hydrogen-bond acceptors (Lipinski definition) is 2. The molecule has 15 heavy (non-hydrogen) atoms. The van der Waals surface area contributed by atoms with Crippen LogP contribution in [0.4, 0.5) is 0 Å². The van der Waals surface area contributed by atoms with E-state index in [0.717, 1.165) is 32.5 Å². The molecule has 0 bridgehead atoms. The monoisotopic (exact) mass is 212 g/mol. The molecule has 0 atom stereocenters. The average molecular weight is 212 g/mol. The Morgan fingerprint density at radius 3 is 2.53 bits per heavy atom. The first-order valence-corrected chi connectivity index (χ1v) is 6.29. The van der Waals surface area contributed by atoms with Crippen molar-refractivity contribution < 1.29 is 4.79 Å². The van der Waals surface area contributed by atoms with Crippen LogP contribution in [0.1, 0.15) is 46.0 Å². The van der Waals surface area contributed by atoms with E-state index in [-0.39, 0.29) is 0 Å². The second-order valence-electron chi connectivity index (χ2n) is 4.32. The summed E-state index contributed by atoms with van der Waals surface area (Å²) < 4.78 is 0. The zero-order chi connectivity index (χ0) is 11.1. The fourth-order valence-corrected chi connectivity index (χ4v) is 2.04. The Hall–Kier alpha value is -0.570. The Kier molecular flexibility index (Phi) is 5.69. The summed E-state index contributed by atoms with van der Waals surface area (Å²) in [5.41, 5.74) is 0. The number of nitrogens with zero attached hydrogens (tertiary/aromatic N) is 1. The molecule has 0 aromatic rings. The maximum absolute atomic E-state index is 11.4. The van der Waals surface area contributed by atoms with E-state index in [9.17, 15) is 4.79 Å². The van der Waals surface area contributed by atoms with Crippen LogP contribution < -0.4 is 5.32 Å². The third-order valence-corrected chi connectivity index (χ3v) is 3.11. The van der Waals surface area contributed by atoms with Gasteiger partial charge in [-0.1, -0.05) is 20.3 Å². The standard InChI is InChI=1S/C12H24N2O/c1-3-5-8-13-11-6-9-14(10-7-11)12(15)4-2/h11,13H,3-10H2,1-2H3. The maximum atomic E-state index is 11.4. The van der Waals surface area contributed by atoms with Gasteiger partial charge < -0.3 is 10.2 Å². The highest BCUT2D eigenvalue weighted by atomic mass is 16.2. The molecule has 0 unspecified atom stereocenters. The van der Waals surface area contributed by atoms with Crippen molar-refractivity contribution >= 4 is 5.91 Å². The van der Waals surface area contributed by atoms with Gasteiger partial charge in [-0.15, -0.1) is 0 Å². The van der Waals surface area contributed by atoms with Gasteiger partial charge in [-0.3, -0.25) is 4.79 Å². The molecule has 0 aromatic carbocycles. The fourth-order valence-electron chi connectivity index (χ4n) is 2.04. The Morgan fingerprint density at radius 2 is 2.00 bits per heavy atom. The van der Waals surface area contributed by atoms with Crippen molar-refractivity contribution in [2.45, 2.75) is 52.0 Å². The lowest BCUT2D eigenvalue weighted by Gasteiger charge is -2.32. The fraction of sp³-hybridized carbons (Fsp3) is 0.917. The molecule has 0 saturated carbocycles. The van der Waals surface area contributed by atoms with Crippen LogP contribution >= 0.6 is 0 Å². The molecule has 1 aliphatic rings. The predicted octanol–water partition coefficient (Wildman–Crippen LogP) is 1.78. The topological polar surface area (TPSA) is 32.3 Å². The van der Waals surface area contributed by atoms with Crippen molar-refractivity contribution in [2.24, 2.45) is 0 Å². The van der Waals surface area contributed by atoms with Crippen molar-refractivity contribution in [1.29, 1.82) is 0 Å². The summed E-state index contributed by atoms with van der Waals surface area (Å²) in [6, 6.07) is 0.637. The molecule has 0 radical (unpaired) electrons. The van der Waals surface area contributed by atoms with Crippen LogP contribution in [0, 0.1) is 0 Å². The van der Waals surface area contributed by atoms with Gasteiger partial charge in [0.05, 0.1) is 0 Å². The third-order valence-electron chi connectivity index (χ3n) is 3.11. The second-order valence-corrected chi connectivity index (χ2v) is 4.32. The Labute approximate surface area is 93.2 Å². The lowest BCUT2D eigenvalue weighted by molar-refractivity contribution is -0.131. The molecule has 3 heteroatoms. The van der Waals surface area contributed by atoms with Gasteiger partial charge in [0.2, 0.25) is 5.91 Å². The maximum Gasteiger partial charge on any atom is 0.222 e. The molecule has 0 aliphatic carbocycles. The van der Waals surface area contributed by atoms with Gasteiger partial charge in [-0.25, -0.2) is 0 Å². The van der Waals surface area contributed by atoms with Crippen LogP contribution in [0.2, 0.25) is 0 Å². The van der Waals surface area contributed by atoms with Crippen molar-refractivity contribution in [2.75, 3.05) is 19.6 Å². The van der Waals surface area contributed by atoms with E-state index in [1.165, 1.54) is 12.8 Å². The van der Waals surface area contributed by atoms with Crippen LogP contribution in [0.3, 0.4) is 0 Å². The van der Waals surface area contributed by atoms with E-state index in [0.29, 0.717) is 18.4 Å². The highest BCUT2D eigenvalue weighted by molar-refractivity contribution is 5.75. The molecule has 1 N–H and O–H groups in total. The number of piperidine rings is 1. The Bertz CT molecular complexity index is 186. The van der Waals surface area contributed by atoms with E-state index >= 15 is 0 Å². The largest absolute Gasteiger partial charge is 0.343 e. The van der Waals surface area contributed by atoms with Crippen LogP contribution in [0.25, 0.3) is 0 Å². The molecule has 1 fully saturated rings. The Balaban J connectivity index is 2.15. The highest BCUT2D eigenvalue weighted by Crippen LogP contribution is 2.11. The minimum absolute atomic E-state index is 0.307.